The Balaban J connectivity index is 2.20. The van der Waals surface area contributed by atoms with Crippen LogP contribution in [0.5, 0.6) is 0 Å². The van der Waals surface area contributed by atoms with Gasteiger partial charge in [0.2, 0.25) is 10.7 Å². The van der Waals surface area contributed by atoms with Crippen molar-refractivity contribution < 1.29 is 38.1 Å². The molecule has 5 atom stereocenters. The zero-order chi connectivity index (χ0) is 28.0. The van der Waals surface area contributed by atoms with E-state index in [1.807, 2.05) is 30.3 Å². The van der Waals surface area contributed by atoms with E-state index in [4.69, 9.17) is 36.3 Å². The summed E-state index contributed by atoms with van der Waals surface area (Å²) in [5, 5.41) is 7.43. The van der Waals surface area contributed by atoms with Crippen LogP contribution in [-0.4, -0.2) is 69.1 Å². The third kappa shape index (κ3) is 6.72. The minimum atomic E-state index is -1.23. The van der Waals surface area contributed by atoms with Crippen LogP contribution in [0.1, 0.15) is 33.9 Å². The predicted octanol–water partition coefficient (Wildman–Crippen LogP) is 2.10. The molecule has 204 valence electrons. The van der Waals surface area contributed by atoms with Crippen LogP contribution >= 0.6 is 12.2 Å². The maximum absolute atomic E-state index is 12.3. The molecule has 0 unspecified atom stereocenters. The highest BCUT2D eigenvalue weighted by molar-refractivity contribution is 7.71. The van der Waals surface area contributed by atoms with Gasteiger partial charge < -0.3 is 24.3 Å². The van der Waals surface area contributed by atoms with E-state index in [1.54, 1.807) is 10.6 Å². The normalized spacial score (nSPS) is 22.7. The van der Waals surface area contributed by atoms with Crippen LogP contribution in [0, 0.1) is 4.77 Å². The van der Waals surface area contributed by atoms with Crippen LogP contribution in [0.2, 0.25) is 0 Å². The van der Waals surface area contributed by atoms with Gasteiger partial charge in [-0.3, -0.25) is 23.7 Å². The number of hydrogen-bond donors (Lipinski definition) is 1. The number of benzene rings is 1. The highest BCUT2D eigenvalue weighted by Gasteiger charge is 2.52. The molecule has 0 saturated carbocycles. The first-order valence-corrected chi connectivity index (χ1v) is 12.2. The van der Waals surface area contributed by atoms with Crippen molar-refractivity contribution in [2.45, 2.75) is 64.8 Å². The summed E-state index contributed by atoms with van der Waals surface area (Å²) < 4.78 is 25.8. The van der Waals surface area contributed by atoms with E-state index in [1.165, 1.54) is 32.4 Å². The molecule has 3 rings (SSSR count). The number of nitrogens with one attached hydrogen (secondary N) is 1. The van der Waals surface area contributed by atoms with Gasteiger partial charge in [0.15, 0.2) is 24.3 Å². The second kappa shape index (κ2) is 12.6. The number of hydrogen-bond acceptors (Lipinski definition) is 10. The molecule has 1 aromatic heterocycles. The van der Waals surface area contributed by atoms with Crippen molar-refractivity contribution in [3.05, 3.63) is 47.8 Å². The zero-order valence-electron chi connectivity index (χ0n) is 21.5. The molecule has 0 radical (unpaired) electrons. The summed E-state index contributed by atoms with van der Waals surface area (Å²) in [6, 6.07) is 8.19. The summed E-state index contributed by atoms with van der Waals surface area (Å²) in [5.41, 5.74) is 0.761. The van der Waals surface area contributed by atoms with E-state index in [0.717, 1.165) is 5.56 Å². The first-order valence-electron chi connectivity index (χ1n) is 11.8. The Morgan fingerprint density at radius 2 is 1.68 bits per heavy atom. The van der Waals surface area contributed by atoms with Crippen molar-refractivity contribution in [1.29, 1.82) is 0 Å². The molecule has 2 aromatic rings. The molecule has 1 saturated heterocycles. The van der Waals surface area contributed by atoms with E-state index >= 15 is 0 Å². The fourth-order valence-corrected chi connectivity index (χ4v) is 4.50. The quantitative estimate of drug-likeness (QED) is 0.215. The minimum Gasteiger partial charge on any atom is -0.463 e. The van der Waals surface area contributed by atoms with Crippen LogP contribution in [0.15, 0.2) is 43.0 Å². The molecule has 12 nitrogen and oxygen atoms in total. The van der Waals surface area contributed by atoms with Crippen LogP contribution in [0.4, 0.5) is 0 Å². The number of esters is 3. The first kappa shape index (κ1) is 28.7. The summed E-state index contributed by atoms with van der Waals surface area (Å²) in [7, 11) is 0. The van der Waals surface area contributed by atoms with Crippen molar-refractivity contribution in [3.8, 4) is 11.4 Å². The molecule has 1 aromatic carbocycles. The Morgan fingerprint density at radius 1 is 1.05 bits per heavy atom. The summed E-state index contributed by atoms with van der Waals surface area (Å²) >= 11 is 5.74. The van der Waals surface area contributed by atoms with Gasteiger partial charge in [-0.15, -0.1) is 11.7 Å². The number of nitrogens with zero attached hydrogens (tertiary/aromatic N) is 3. The van der Waals surface area contributed by atoms with Crippen molar-refractivity contribution in [3.63, 3.8) is 0 Å². The number of ether oxygens (including phenoxy) is 4. The smallest absolute Gasteiger partial charge is 0.303 e. The van der Waals surface area contributed by atoms with Crippen molar-refractivity contribution in [2.75, 3.05) is 6.61 Å². The highest BCUT2D eigenvalue weighted by Crippen LogP contribution is 2.34. The molecule has 1 amide bonds. The first-order chi connectivity index (χ1) is 18.0. The fourth-order valence-electron chi connectivity index (χ4n) is 4.19. The van der Waals surface area contributed by atoms with Gasteiger partial charge in [-0.25, -0.2) is 4.68 Å². The SMILES string of the molecule is C=CCn1c(-c2ccccc2)nn([C@@H]2O[C@H](COC(C)=O)[C@H](OC(C)=O)[C@H](OC(C)=O)[C@H]2NC(C)=O)c1=S. The maximum Gasteiger partial charge on any atom is 0.303 e. The van der Waals surface area contributed by atoms with E-state index in [-0.39, 0.29) is 11.4 Å². The van der Waals surface area contributed by atoms with E-state index in [9.17, 15) is 19.2 Å². The second-order valence-corrected chi connectivity index (χ2v) is 8.92. The van der Waals surface area contributed by atoms with E-state index < -0.39 is 54.4 Å². The predicted molar refractivity (Wildman–Crippen MR) is 136 cm³/mol. The Morgan fingerprint density at radius 3 is 2.24 bits per heavy atom. The van der Waals surface area contributed by atoms with E-state index in [2.05, 4.69) is 11.9 Å². The van der Waals surface area contributed by atoms with Gasteiger partial charge in [-0.1, -0.05) is 36.4 Å². The number of aromatic nitrogens is 3. The molecule has 13 heteroatoms. The van der Waals surface area contributed by atoms with Gasteiger partial charge in [-0.2, -0.15) is 0 Å². The van der Waals surface area contributed by atoms with Gasteiger partial charge in [0.25, 0.3) is 0 Å². The van der Waals surface area contributed by atoms with Gasteiger partial charge in [0, 0.05) is 39.8 Å². The minimum absolute atomic E-state index is 0.225. The monoisotopic (exact) mass is 546 g/mol. The number of carbonyl (C=O) groups is 4. The third-order valence-corrected chi connectivity index (χ3v) is 5.97. The summed E-state index contributed by atoms with van der Waals surface area (Å²) in [6.07, 6.45) is -3.03. The van der Waals surface area contributed by atoms with Gasteiger partial charge in [-0.05, 0) is 12.2 Å². The Labute approximate surface area is 224 Å². The molecule has 0 spiro atoms. The van der Waals surface area contributed by atoms with Crippen LogP contribution in [0.25, 0.3) is 11.4 Å². The summed E-state index contributed by atoms with van der Waals surface area (Å²) in [6.45, 7) is 8.63. The zero-order valence-corrected chi connectivity index (χ0v) is 22.3. The maximum atomic E-state index is 12.3. The highest BCUT2D eigenvalue weighted by atomic mass is 32.1. The van der Waals surface area contributed by atoms with Crippen LogP contribution < -0.4 is 5.32 Å². The van der Waals surface area contributed by atoms with Crippen molar-refractivity contribution in [1.82, 2.24) is 19.7 Å². The average molecular weight is 547 g/mol. The van der Waals surface area contributed by atoms with Crippen LogP contribution in [0.3, 0.4) is 0 Å². The Kier molecular flexibility index (Phi) is 9.53. The molecule has 2 heterocycles. The third-order valence-electron chi connectivity index (χ3n) is 5.56. The standard InChI is InChI=1S/C25H30N4O8S/c1-6-12-28-23(18-10-8-7-9-11-18)27-29(25(28)38)24-20(26-14(2)30)22(36-17(5)33)21(35-16(4)32)19(37-24)13-34-15(3)31/h6-11,19-22,24H,1,12-13H2,2-5H3,(H,26,30)/t19-,20-,21+,22-,24-/m1/s1. The van der Waals surface area contributed by atoms with Gasteiger partial charge >= 0.3 is 17.9 Å². The number of allylic oxidation sites excluding steroid dienone is 1. The molecule has 1 aliphatic rings. The van der Waals surface area contributed by atoms with Gasteiger partial charge in [0.1, 0.15) is 18.8 Å². The molecule has 1 fully saturated rings. The molecule has 38 heavy (non-hydrogen) atoms. The lowest BCUT2D eigenvalue weighted by molar-refractivity contribution is -0.239. The molecule has 1 aliphatic heterocycles. The Hall–Kier alpha value is -3.84. The molecule has 1 N–H and O–H groups in total. The lowest BCUT2D eigenvalue weighted by Crippen LogP contribution is -2.64. The van der Waals surface area contributed by atoms with Crippen molar-refractivity contribution in [2.24, 2.45) is 0 Å². The molecular formula is C25H30N4O8S. The number of rotatable bonds is 9. The Bertz CT molecular complexity index is 1260. The summed E-state index contributed by atoms with van der Waals surface area (Å²) in [4.78, 5) is 48.0. The molecule has 0 aliphatic carbocycles. The lowest BCUT2D eigenvalue weighted by atomic mass is 9.95. The van der Waals surface area contributed by atoms with Crippen molar-refractivity contribution >= 4 is 36.0 Å². The topological polar surface area (TPSA) is 140 Å². The van der Waals surface area contributed by atoms with E-state index in [0.29, 0.717) is 12.4 Å². The number of carbonyl (C=O) groups excluding carboxylic acids is 4. The average Bonchev–Trinajstić information content (AvgIpc) is 3.16. The fraction of sp³-hybridized carbons (Fsp3) is 0.440. The molecule has 0 bridgehead atoms. The molecular weight excluding hydrogens is 516 g/mol. The van der Waals surface area contributed by atoms with Crippen LogP contribution in [-0.2, 0) is 44.7 Å². The largest absolute Gasteiger partial charge is 0.463 e. The number of amides is 1. The summed E-state index contributed by atoms with van der Waals surface area (Å²) in [5.74, 6) is -1.95. The van der Waals surface area contributed by atoms with Gasteiger partial charge in [0.05, 0.1) is 0 Å². The second-order valence-electron chi connectivity index (χ2n) is 8.56. The lowest BCUT2D eigenvalue weighted by Gasteiger charge is -2.45.